The van der Waals surface area contributed by atoms with Gasteiger partial charge in [0, 0.05) is 19.7 Å². The van der Waals surface area contributed by atoms with Gasteiger partial charge >= 0.3 is 6.09 Å². The van der Waals surface area contributed by atoms with E-state index in [4.69, 9.17) is 9.47 Å². The predicted molar refractivity (Wildman–Crippen MR) is 75.3 cm³/mol. The van der Waals surface area contributed by atoms with Crippen LogP contribution in [-0.2, 0) is 9.47 Å². The smallest absolute Gasteiger partial charge is 0.408 e. The van der Waals surface area contributed by atoms with E-state index in [9.17, 15) is 4.79 Å². The molecule has 1 amide bonds. The van der Waals surface area contributed by atoms with Crippen LogP contribution >= 0.6 is 0 Å². The Morgan fingerprint density at radius 3 is 2.26 bits per heavy atom. The summed E-state index contributed by atoms with van der Waals surface area (Å²) in [7, 11) is 1.70. The van der Waals surface area contributed by atoms with Gasteiger partial charge in [-0.25, -0.2) is 4.79 Å². The molecule has 5 nitrogen and oxygen atoms in total. The average Bonchev–Trinajstić information content (AvgIpc) is 3.02. The third-order valence-electron chi connectivity index (χ3n) is 3.21. The van der Waals surface area contributed by atoms with E-state index in [1.807, 2.05) is 20.8 Å². The highest BCUT2D eigenvalue weighted by Crippen LogP contribution is 2.42. The van der Waals surface area contributed by atoms with Crippen molar-refractivity contribution in [3.63, 3.8) is 0 Å². The van der Waals surface area contributed by atoms with Crippen LogP contribution in [0.2, 0.25) is 0 Å². The number of methoxy groups -OCH3 is 1. The summed E-state index contributed by atoms with van der Waals surface area (Å²) in [6.45, 7) is 10.4. The molecule has 1 atom stereocenters. The molecule has 0 saturated heterocycles. The van der Waals surface area contributed by atoms with Crippen molar-refractivity contribution in [2.24, 2.45) is 0 Å². The lowest BCUT2D eigenvalue weighted by Crippen LogP contribution is -2.53. The Morgan fingerprint density at radius 2 is 1.89 bits per heavy atom. The maximum Gasteiger partial charge on any atom is 0.408 e. The van der Waals surface area contributed by atoms with Crippen LogP contribution in [0, 0.1) is 0 Å². The van der Waals surface area contributed by atoms with E-state index in [-0.39, 0.29) is 17.7 Å². The highest BCUT2D eigenvalue weighted by molar-refractivity contribution is 5.68. The van der Waals surface area contributed by atoms with Gasteiger partial charge in [-0.15, -0.1) is 0 Å². The van der Waals surface area contributed by atoms with Crippen LogP contribution in [0.25, 0.3) is 0 Å². The van der Waals surface area contributed by atoms with Crippen molar-refractivity contribution in [1.82, 2.24) is 10.6 Å². The standard InChI is InChI=1S/C14H28N2O3/c1-10(2)15-9-11(14(18-6)7-8-14)16-12(17)19-13(3,4)5/h10-11,15H,7-9H2,1-6H3,(H,16,17)/t11-/m1/s1. The third-order valence-corrected chi connectivity index (χ3v) is 3.21. The predicted octanol–water partition coefficient (Wildman–Crippen LogP) is 2.06. The molecule has 0 aromatic heterocycles. The second-order valence-electron chi connectivity index (χ2n) is 6.53. The van der Waals surface area contributed by atoms with Crippen LogP contribution in [-0.4, -0.2) is 43.0 Å². The zero-order valence-electron chi connectivity index (χ0n) is 13.0. The number of amides is 1. The van der Waals surface area contributed by atoms with E-state index in [1.165, 1.54) is 0 Å². The Kier molecular flexibility index (Phi) is 5.21. The number of rotatable bonds is 6. The number of nitrogens with one attached hydrogen (secondary N) is 2. The molecular weight excluding hydrogens is 244 g/mol. The van der Waals surface area contributed by atoms with Gasteiger partial charge in [-0.3, -0.25) is 0 Å². The van der Waals surface area contributed by atoms with Crippen LogP contribution in [0.4, 0.5) is 4.79 Å². The molecule has 0 radical (unpaired) electrons. The largest absolute Gasteiger partial charge is 0.444 e. The molecule has 112 valence electrons. The molecule has 0 aromatic rings. The van der Waals surface area contributed by atoms with Crippen LogP contribution in [0.5, 0.6) is 0 Å². The lowest BCUT2D eigenvalue weighted by molar-refractivity contribution is 0.0231. The molecule has 0 spiro atoms. The Balaban J connectivity index is 2.57. The van der Waals surface area contributed by atoms with Crippen LogP contribution in [0.3, 0.4) is 0 Å². The quantitative estimate of drug-likeness (QED) is 0.777. The summed E-state index contributed by atoms with van der Waals surface area (Å²) >= 11 is 0. The summed E-state index contributed by atoms with van der Waals surface area (Å²) < 4.78 is 10.9. The van der Waals surface area contributed by atoms with Gasteiger partial charge in [0.25, 0.3) is 0 Å². The number of alkyl carbamates (subject to hydrolysis) is 1. The van der Waals surface area contributed by atoms with Gasteiger partial charge in [0.15, 0.2) is 0 Å². The average molecular weight is 272 g/mol. The fraction of sp³-hybridized carbons (Fsp3) is 0.929. The Morgan fingerprint density at radius 1 is 1.32 bits per heavy atom. The first kappa shape index (κ1) is 16.2. The van der Waals surface area contributed by atoms with Crippen molar-refractivity contribution < 1.29 is 14.3 Å². The summed E-state index contributed by atoms with van der Waals surface area (Å²) in [5.41, 5.74) is -0.706. The molecule has 5 heteroatoms. The first-order chi connectivity index (χ1) is 8.68. The Bertz CT molecular complexity index is 306. The van der Waals surface area contributed by atoms with Gasteiger partial charge in [0.1, 0.15) is 5.60 Å². The van der Waals surface area contributed by atoms with Crippen LogP contribution in [0.15, 0.2) is 0 Å². The highest BCUT2D eigenvalue weighted by atomic mass is 16.6. The first-order valence-corrected chi connectivity index (χ1v) is 6.96. The van der Waals surface area contributed by atoms with E-state index >= 15 is 0 Å². The third kappa shape index (κ3) is 5.37. The monoisotopic (exact) mass is 272 g/mol. The Labute approximate surface area is 116 Å². The molecule has 0 heterocycles. The van der Waals surface area contributed by atoms with Crippen LogP contribution < -0.4 is 10.6 Å². The molecule has 0 aliphatic heterocycles. The van der Waals surface area contributed by atoms with E-state index in [2.05, 4.69) is 24.5 Å². The fourth-order valence-corrected chi connectivity index (χ4v) is 1.99. The lowest BCUT2D eigenvalue weighted by atomic mass is 10.1. The van der Waals surface area contributed by atoms with Crippen molar-refractivity contribution in [3.05, 3.63) is 0 Å². The molecule has 1 fully saturated rings. The molecule has 0 bridgehead atoms. The van der Waals surface area contributed by atoms with Gasteiger partial charge in [-0.1, -0.05) is 13.8 Å². The molecular formula is C14H28N2O3. The molecule has 1 saturated carbocycles. The van der Waals surface area contributed by atoms with E-state index in [0.29, 0.717) is 12.6 Å². The summed E-state index contributed by atoms with van der Waals surface area (Å²) in [6, 6.07) is 0.311. The Hall–Kier alpha value is -0.810. The molecule has 19 heavy (non-hydrogen) atoms. The van der Waals surface area contributed by atoms with E-state index < -0.39 is 5.60 Å². The molecule has 2 N–H and O–H groups in total. The summed E-state index contributed by atoms with van der Waals surface area (Å²) in [6.07, 6.45) is 1.57. The van der Waals surface area contributed by atoms with Crippen molar-refractivity contribution in [3.8, 4) is 0 Å². The second kappa shape index (κ2) is 6.09. The van der Waals surface area contributed by atoms with Crippen molar-refractivity contribution >= 4 is 6.09 Å². The van der Waals surface area contributed by atoms with Gasteiger partial charge < -0.3 is 20.1 Å². The summed E-state index contributed by atoms with van der Waals surface area (Å²) in [4.78, 5) is 11.9. The maximum atomic E-state index is 11.9. The summed E-state index contributed by atoms with van der Waals surface area (Å²) in [5, 5.41) is 6.28. The van der Waals surface area contributed by atoms with Gasteiger partial charge in [0.2, 0.25) is 0 Å². The number of carbonyl (C=O) groups excluding carboxylic acids is 1. The zero-order chi connectivity index (χ0) is 14.7. The topological polar surface area (TPSA) is 59.6 Å². The van der Waals surface area contributed by atoms with Gasteiger partial charge in [-0.2, -0.15) is 0 Å². The summed E-state index contributed by atoms with van der Waals surface area (Å²) in [5.74, 6) is 0. The van der Waals surface area contributed by atoms with Gasteiger partial charge in [0.05, 0.1) is 11.6 Å². The van der Waals surface area contributed by atoms with E-state index in [0.717, 1.165) is 12.8 Å². The highest BCUT2D eigenvalue weighted by Gasteiger charge is 2.50. The van der Waals surface area contributed by atoms with Crippen LogP contribution in [0.1, 0.15) is 47.5 Å². The fourth-order valence-electron chi connectivity index (χ4n) is 1.99. The number of hydrogen-bond donors (Lipinski definition) is 2. The van der Waals surface area contributed by atoms with Crippen molar-refractivity contribution in [1.29, 1.82) is 0 Å². The zero-order valence-corrected chi connectivity index (χ0v) is 13.0. The molecule has 0 aromatic carbocycles. The minimum absolute atomic E-state index is 0.0604. The van der Waals surface area contributed by atoms with Gasteiger partial charge in [-0.05, 0) is 33.6 Å². The van der Waals surface area contributed by atoms with Crippen molar-refractivity contribution in [2.45, 2.75) is 70.7 Å². The number of hydrogen-bond acceptors (Lipinski definition) is 4. The van der Waals surface area contributed by atoms with E-state index in [1.54, 1.807) is 7.11 Å². The molecule has 0 unspecified atom stereocenters. The lowest BCUT2D eigenvalue weighted by Gasteiger charge is -2.29. The molecule has 1 aliphatic carbocycles. The second-order valence-corrected chi connectivity index (χ2v) is 6.53. The SMILES string of the molecule is COC1([C@@H](CNC(C)C)NC(=O)OC(C)(C)C)CC1. The normalized spacial score (nSPS) is 19.1. The number of carbonyl (C=O) groups is 1. The molecule has 1 rings (SSSR count). The van der Waals surface area contributed by atoms with Crippen molar-refractivity contribution in [2.75, 3.05) is 13.7 Å². The molecule has 1 aliphatic rings. The minimum atomic E-state index is -0.482. The maximum absolute atomic E-state index is 11.9. The number of ether oxygens (including phenoxy) is 2. The first-order valence-electron chi connectivity index (χ1n) is 6.96. The minimum Gasteiger partial charge on any atom is -0.444 e.